The van der Waals surface area contributed by atoms with Gasteiger partial charge in [0.15, 0.2) is 0 Å². The fraction of sp³-hybridized carbons (Fsp3) is 0.958. The molecule has 1 rings (SSSR count). The number of aliphatic hydroxyl groups excluding tert-OH is 1. The summed E-state index contributed by atoms with van der Waals surface area (Å²) in [4.78, 5) is 15.1. The van der Waals surface area contributed by atoms with Crippen molar-refractivity contribution in [3.63, 3.8) is 0 Å². The molecule has 0 aliphatic carbocycles. The minimum atomic E-state index is -2.03. The van der Waals surface area contributed by atoms with Gasteiger partial charge in [0.2, 0.25) is 8.32 Å². The van der Waals surface area contributed by atoms with Crippen LogP contribution < -0.4 is 0 Å². The van der Waals surface area contributed by atoms with Crippen molar-refractivity contribution in [1.29, 1.82) is 0 Å². The maximum absolute atomic E-state index is 13.2. The summed E-state index contributed by atoms with van der Waals surface area (Å²) in [5.74, 6) is 0. The van der Waals surface area contributed by atoms with Gasteiger partial charge in [-0.05, 0) is 76.4 Å². The molecule has 0 saturated carbocycles. The van der Waals surface area contributed by atoms with Gasteiger partial charge in [-0.2, -0.15) is 0 Å². The maximum atomic E-state index is 13.2. The summed E-state index contributed by atoms with van der Waals surface area (Å²) in [5, 5.41) is 9.18. The highest BCUT2D eigenvalue weighted by atomic mass is 28.4. The molecule has 0 aromatic heterocycles. The van der Waals surface area contributed by atoms with Crippen LogP contribution in [0.2, 0.25) is 16.6 Å². The lowest BCUT2D eigenvalue weighted by molar-refractivity contribution is -0.0374. The number of hydrogen-bond donors (Lipinski definition) is 1. The standard InChI is InChI=1S/C24H49NO4Si/c1-17(2)30(18(3)4,19(5)6)29-22-15-14-21(13-11-12-16-26)25(20(22)7)23(27)28-24(8,9)10/h17-22,26H,11-16H2,1-10H3/t20-,21-,22+/m0/s1. The topological polar surface area (TPSA) is 59.0 Å². The number of hydrogen-bond acceptors (Lipinski definition) is 4. The number of unbranched alkanes of at least 4 members (excludes halogenated alkanes) is 1. The average Bonchev–Trinajstić information content (AvgIpc) is 2.58. The van der Waals surface area contributed by atoms with Gasteiger partial charge in [-0.3, -0.25) is 4.90 Å². The van der Waals surface area contributed by atoms with Gasteiger partial charge in [0.05, 0.1) is 12.1 Å². The first-order valence-electron chi connectivity index (χ1n) is 12.1. The minimum Gasteiger partial charge on any atom is -0.444 e. The summed E-state index contributed by atoms with van der Waals surface area (Å²) in [5.41, 5.74) is 1.03. The molecule has 0 unspecified atom stereocenters. The molecule has 30 heavy (non-hydrogen) atoms. The molecular formula is C24H49NO4Si. The number of aliphatic hydroxyl groups is 1. The second-order valence-electron chi connectivity index (χ2n) is 11.1. The highest BCUT2D eigenvalue weighted by Crippen LogP contribution is 2.45. The lowest BCUT2D eigenvalue weighted by Crippen LogP contribution is -2.60. The van der Waals surface area contributed by atoms with E-state index in [1.54, 1.807) is 0 Å². The summed E-state index contributed by atoms with van der Waals surface area (Å²) < 4.78 is 12.9. The first-order chi connectivity index (χ1) is 13.8. The molecule has 0 bridgehead atoms. The summed E-state index contributed by atoms with van der Waals surface area (Å²) in [6.45, 7) is 21.9. The lowest BCUT2D eigenvalue weighted by atomic mass is 9.91. The Hall–Kier alpha value is -0.593. The van der Waals surface area contributed by atoms with Crippen molar-refractivity contribution in [1.82, 2.24) is 4.90 Å². The molecule has 1 heterocycles. The number of piperidine rings is 1. The smallest absolute Gasteiger partial charge is 0.410 e. The molecule has 1 fully saturated rings. The van der Waals surface area contributed by atoms with Gasteiger partial charge >= 0.3 is 6.09 Å². The lowest BCUT2D eigenvalue weighted by Gasteiger charge is -2.51. The highest BCUT2D eigenvalue weighted by molar-refractivity contribution is 6.77. The molecule has 1 amide bonds. The predicted molar refractivity (Wildman–Crippen MR) is 127 cm³/mol. The number of amides is 1. The van der Waals surface area contributed by atoms with E-state index in [1.165, 1.54) is 0 Å². The van der Waals surface area contributed by atoms with Gasteiger partial charge < -0.3 is 14.3 Å². The van der Waals surface area contributed by atoms with E-state index in [1.807, 2.05) is 25.7 Å². The van der Waals surface area contributed by atoms with E-state index in [9.17, 15) is 9.90 Å². The molecule has 5 nitrogen and oxygen atoms in total. The molecule has 1 saturated heterocycles. The zero-order valence-electron chi connectivity index (χ0n) is 21.3. The van der Waals surface area contributed by atoms with Crippen molar-refractivity contribution in [3.8, 4) is 0 Å². The van der Waals surface area contributed by atoms with Gasteiger partial charge in [-0.1, -0.05) is 41.5 Å². The van der Waals surface area contributed by atoms with Crippen LogP contribution >= 0.6 is 0 Å². The van der Waals surface area contributed by atoms with E-state index in [-0.39, 0.29) is 30.9 Å². The number of carbonyl (C=O) groups is 1. The first-order valence-corrected chi connectivity index (χ1v) is 14.2. The van der Waals surface area contributed by atoms with Gasteiger partial charge in [0.1, 0.15) is 5.60 Å². The Morgan fingerprint density at radius 1 is 1.03 bits per heavy atom. The van der Waals surface area contributed by atoms with Crippen LogP contribution in [0.25, 0.3) is 0 Å². The van der Waals surface area contributed by atoms with Gasteiger partial charge in [-0.25, -0.2) is 4.79 Å². The predicted octanol–water partition coefficient (Wildman–Crippen LogP) is 6.50. The summed E-state index contributed by atoms with van der Waals surface area (Å²) >= 11 is 0. The van der Waals surface area contributed by atoms with Gasteiger partial charge in [0, 0.05) is 12.6 Å². The van der Waals surface area contributed by atoms with E-state index >= 15 is 0 Å². The summed E-state index contributed by atoms with van der Waals surface area (Å²) in [6.07, 6.45) is 4.31. The highest BCUT2D eigenvalue weighted by Gasteiger charge is 2.49. The Labute approximate surface area is 187 Å². The normalized spacial score (nSPS) is 23.5. The number of rotatable bonds is 9. The van der Waals surface area contributed by atoms with Crippen molar-refractivity contribution < 1.29 is 19.1 Å². The van der Waals surface area contributed by atoms with E-state index in [0.29, 0.717) is 16.6 Å². The molecule has 1 N–H and O–H groups in total. The SMILES string of the molecule is CC(C)[Si](O[C@@H]1CC[C@H](CCCCO)N(C(=O)OC(C)(C)C)[C@H]1C)(C(C)C)C(C)C. The molecule has 3 atom stereocenters. The number of carbonyl (C=O) groups excluding carboxylic acids is 1. The fourth-order valence-electron chi connectivity index (χ4n) is 5.48. The number of likely N-dealkylation sites (tertiary alicyclic amines) is 1. The van der Waals surface area contributed by atoms with Crippen molar-refractivity contribution >= 4 is 14.4 Å². The molecule has 1 aliphatic rings. The molecule has 0 aromatic rings. The Morgan fingerprint density at radius 2 is 1.57 bits per heavy atom. The second kappa shape index (κ2) is 11.3. The van der Waals surface area contributed by atoms with E-state index in [4.69, 9.17) is 9.16 Å². The van der Waals surface area contributed by atoms with Crippen LogP contribution in [0.15, 0.2) is 0 Å². The Kier molecular flexibility index (Phi) is 10.4. The first kappa shape index (κ1) is 27.4. The van der Waals surface area contributed by atoms with Gasteiger partial charge in [-0.15, -0.1) is 0 Å². The van der Waals surface area contributed by atoms with Crippen LogP contribution in [-0.2, 0) is 9.16 Å². The Bertz CT molecular complexity index is 508. The molecule has 0 spiro atoms. The van der Waals surface area contributed by atoms with E-state index in [0.717, 1.165) is 32.1 Å². The monoisotopic (exact) mass is 443 g/mol. The van der Waals surface area contributed by atoms with Crippen molar-refractivity contribution in [2.75, 3.05) is 6.61 Å². The van der Waals surface area contributed by atoms with Crippen molar-refractivity contribution in [3.05, 3.63) is 0 Å². The quantitative estimate of drug-likeness (QED) is 0.326. The van der Waals surface area contributed by atoms with Crippen molar-refractivity contribution in [2.24, 2.45) is 0 Å². The summed E-state index contributed by atoms with van der Waals surface area (Å²) in [6, 6.07) is 0.130. The number of ether oxygens (including phenoxy) is 1. The van der Waals surface area contributed by atoms with Gasteiger partial charge in [0.25, 0.3) is 0 Å². The van der Waals surface area contributed by atoms with Crippen LogP contribution in [0.4, 0.5) is 4.79 Å². The minimum absolute atomic E-state index is 0.0177. The van der Waals surface area contributed by atoms with Crippen LogP contribution in [0.3, 0.4) is 0 Å². The zero-order valence-corrected chi connectivity index (χ0v) is 22.3. The molecular weight excluding hydrogens is 394 g/mol. The fourth-order valence-corrected chi connectivity index (χ4v) is 11.1. The third-order valence-corrected chi connectivity index (χ3v) is 12.9. The molecule has 0 radical (unpaired) electrons. The largest absolute Gasteiger partial charge is 0.444 e. The van der Waals surface area contributed by atoms with E-state index < -0.39 is 13.9 Å². The zero-order chi connectivity index (χ0) is 23.3. The van der Waals surface area contributed by atoms with E-state index in [2.05, 4.69) is 48.5 Å². The summed E-state index contributed by atoms with van der Waals surface area (Å²) in [7, 11) is -2.03. The van der Waals surface area contributed by atoms with Crippen LogP contribution in [0.1, 0.15) is 101 Å². The van der Waals surface area contributed by atoms with Crippen LogP contribution in [0, 0.1) is 0 Å². The second-order valence-corrected chi connectivity index (χ2v) is 16.5. The third kappa shape index (κ3) is 6.70. The maximum Gasteiger partial charge on any atom is 0.410 e. The molecule has 1 aliphatic heterocycles. The average molecular weight is 444 g/mol. The van der Waals surface area contributed by atoms with Crippen molar-refractivity contribution in [2.45, 2.75) is 142 Å². The van der Waals surface area contributed by atoms with Crippen LogP contribution in [0.5, 0.6) is 0 Å². The Balaban J connectivity index is 3.15. The van der Waals surface area contributed by atoms with Crippen LogP contribution in [-0.4, -0.2) is 54.8 Å². The molecule has 6 heteroatoms. The number of nitrogens with zero attached hydrogens (tertiary/aromatic N) is 1. The Morgan fingerprint density at radius 3 is 2.00 bits per heavy atom. The third-order valence-electron chi connectivity index (χ3n) is 6.77. The molecule has 0 aromatic carbocycles. The molecule has 178 valence electrons.